The Bertz CT molecular complexity index is 722. The second kappa shape index (κ2) is 5.10. The molecule has 0 amide bonds. The minimum Gasteiger partial charge on any atom is -0.277 e. The lowest BCUT2D eigenvalue weighted by Crippen LogP contribution is -2.16. The SMILES string of the molecule is Cc1cc(NS(=O)(=O)c2ncccc2F)cnc1Cl. The molecule has 0 bridgehead atoms. The van der Waals surface area contributed by atoms with Crippen LogP contribution in [0.2, 0.25) is 5.15 Å². The molecule has 2 aromatic rings. The van der Waals surface area contributed by atoms with Gasteiger partial charge >= 0.3 is 0 Å². The van der Waals surface area contributed by atoms with Crippen LogP contribution in [0.3, 0.4) is 0 Å². The lowest BCUT2D eigenvalue weighted by atomic mass is 10.3. The van der Waals surface area contributed by atoms with Crippen molar-refractivity contribution < 1.29 is 12.8 Å². The van der Waals surface area contributed by atoms with Crippen LogP contribution in [0.15, 0.2) is 35.6 Å². The number of sulfonamides is 1. The van der Waals surface area contributed by atoms with Crippen LogP contribution in [-0.4, -0.2) is 18.4 Å². The summed E-state index contributed by atoms with van der Waals surface area (Å²) in [4.78, 5) is 7.32. The molecule has 0 unspecified atom stereocenters. The minimum atomic E-state index is -4.09. The molecule has 19 heavy (non-hydrogen) atoms. The Morgan fingerprint density at radius 1 is 1.37 bits per heavy atom. The lowest BCUT2D eigenvalue weighted by molar-refractivity contribution is 0.557. The molecule has 0 fully saturated rings. The molecule has 5 nitrogen and oxygen atoms in total. The highest BCUT2D eigenvalue weighted by atomic mass is 35.5. The third-order valence-electron chi connectivity index (χ3n) is 2.25. The predicted molar refractivity (Wildman–Crippen MR) is 69.0 cm³/mol. The van der Waals surface area contributed by atoms with Gasteiger partial charge in [0.15, 0.2) is 5.82 Å². The predicted octanol–water partition coefficient (Wildman–Crippen LogP) is 2.38. The Balaban J connectivity index is 2.37. The standard InChI is InChI=1S/C11H9ClFN3O2S/c1-7-5-8(6-15-10(7)12)16-19(17,18)11-9(13)3-2-4-14-11/h2-6,16H,1H3. The summed E-state index contributed by atoms with van der Waals surface area (Å²) < 4.78 is 39.5. The molecule has 2 aromatic heterocycles. The van der Waals surface area contributed by atoms with E-state index < -0.39 is 20.9 Å². The van der Waals surface area contributed by atoms with Gasteiger partial charge in [-0.15, -0.1) is 0 Å². The van der Waals surface area contributed by atoms with E-state index in [2.05, 4.69) is 14.7 Å². The highest BCUT2D eigenvalue weighted by molar-refractivity contribution is 7.92. The fraction of sp³-hybridized carbons (Fsp3) is 0.0909. The van der Waals surface area contributed by atoms with E-state index in [0.717, 1.165) is 6.07 Å². The summed E-state index contributed by atoms with van der Waals surface area (Å²) in [5.74, 6) is -0.923. The lowest BCUT2D eigenvalue weighted by Gasteiger charge is -2.08. The van der Waals surface area contributed by atoms with E-state index in [4.69, 9.17) is 11.6 Å². The normalized spacial score (nSPS) is 11.3. The van der Waals surface area contributed by atoms with Gasteiger partial charge in [-0.25, -0.2) is 14.4 Å². The number of hydrogen-bond donors (Lipinski definition) is 1. The molecule has 100 valence electrons. The zero-order valence-corrected chi connectivity index (χ0v) is 11.3. The number of aryl methyl sites for hydroxylation is 1. The van der Waals surface area contributed by atoms with Crippen molar-refractivity contribution in [2.45, 2.75) is 11.9 Å². The summed E-state index contributed by atoms with van der Waals surface area (Å²) >= 11 is 5.73. The van der Waals surface area contributed by atoms with Crippen molar-refractivity contribution in [3.63, 3.8) is 0 Å². The largest absolute Gasteiger partial charge is 0.282 e. The first kappa shape index (κ1) is 13.7. The Morgan fingerprint density at radius 2 is 2.11 bits per heavy atom. The molecule has 0 spiro atoms. The molecule has 0 aliphatic heterocycles. The van der Waals surface area contributed by atoms with Crippen LogP contribution in [0, 0.1) is 12.7 Å². The molecule has 0 radical (unpaired) electrons. The molecular formula is C11H9ClFN3O2S. The molecule has 0 aromatic carbocycles. The Labute approximate surface area is 114 Å². The van der Waals surface area contributed by atoms with E-state index >= 15 is 0 Å². The van der Waals surface area contributed by atoms with Crippen LogP contribution in [-0.2, 0) is 10.0 Å². The highest BCUT2D eigenvalue weighted by Gasteiger charge is 2.20. The second-order valence-electron chi connectivity index (χ2n) is 3.73. The third kappa shape index (κ3) is 2.99. The Hall–Kier alpha value is -1.73. The zero-order chi connectivity index (χ0) is 14.0. The van der Waals surface area contributed by atoms with Crippen molar-refractivity contribution >= 4 is 27.3 Å². The van der Waals surface area contributed by atoms with Crippen LogP contribution < -0.4 is 4.72 Å². The van der Waals surface area contributed by atoms with Crippen molar-refractivity contribution in [2.24, 2.45) is 0 Å². The molecule has 0 atom stereocenters. The number of hydrogen-bond acceptors (Lipinski definition) is 4. The quantitative estimate of drug-likeness (QED) is 0.884. The fourth-order valence-electron chi connectivity index (χ4n) is 1.39. The fourth-order valence-corrected chi connectivity index (χ4v) is 2.53. The number of pyridine rings is 2. The van der Waals surface area contributed by atoms with Gasteiger partial charge < -0.3 is 0 Å². The van der Waals surface area contributed by atoms with Gasteiger partial charge in [-0.05, 0) is 30.7 Å². The first-order valence-electron chi connectivity index (χ1n) is 5.15. The van der Waals surface area contributed by atoms with Gasteiger partial charge in [0.2, 0.25) is 5.03 Å². The maximum atomic E-state index is 13.4. The van der Waals surface area contributed by atoms with Gasteiger partial charge in [0, 0.05) is 6.20 Å². The van der Waals surface area contributed by atoms with Gasteiger partial charge in [-0.1, -0.05) is 11.6 Å². The van der Waals surface area contributed by atoms with E-state index in [1.54, 1.807) is 6.92 Å². The van der Waals surface area contributed by atoms with E-state index in [1.165, 1.54) is 24.5 Å². The number of halogens is 2. The van der Waals surface area contributed by atoms with Crippen molar-refractivity contribution in [2.75, 3.05) is 4.72 Å². The smallest absolute Gasteiger partial charge is 0.277 e. The topological polar surface area (TPSA) is 72.0 Å². The monoisotopic (exact) mass is 301 g/mol. The van der Waals surface area contributed by atoms with Crippen molar-refractivity contribution in [3.05, 3.63) is 47.1 Å². The number of nitrogens with one attached hydrogen (secondary N) is 1. The first-order chi connectivity index (χ1) is 8.90. The maximum Gasteiger partial charge on any atom is 0.282 e. The summed E-state index contributed by atoms with van der Waals surface area (Å²) in [6, 6.07) is 3.82. The average molecular weight is 302 g/mol. The van der Waals surface area contributed by atoms with Crippen LogP contribution in [0.4, 0.5) is 10.1 Å². The van der Waals surface area contributed by atoms with E-state index in [1.807, 2.05) is 0 Å². The summed E-state index contributed by atoms with van der Waals surface area (Å²) in [6.45, 7) is 1.68. The maximum absolute atomic E-state index is 13.4. The van der Waals surface area contributed by atoms with E-state index in [0.29, 0.717) is 5.56 Å². The van der Waals surface area contributed by atoms with Crippen LogP contribution in [0.5, 0.6) is 0 Å². The number of aromatic nitrogens is 2. The summed E-state index contributed by atoms with van der Waals surface area (Å²) in [7, 11) is -4.09. The first-order valence-corrected chi connectivity index (χ1v) is 7.02. The van der Waals surface area contributed by atoms with Crippen molar-refractivity contribution in [3.8, 4) is 0 Å². The molecule has 8 heteroatoms. The third-order valence-corrected chi connectivity index (χ3v) is 3.96. The van der Waals surface area contributed by atoms with Crippen molar-refractivity contribution in [1.82, 2.24) is 9.97 Å². The van der Waals surface area contributed by atoms with Crippen molar-refractivity contribution in [1.29, 1.82) is 0 Å². The molecule has 0 saturated heterocycles. The molecule has 0 aliphatic rings. The molecule has 0 saturated carbocycles. The minimum absolute atomic E-state index is 0.187. The van der Waals surface area contributed by atoms with E-state index in [-0.39, 0.29) is 10.8 Å². The second-order valence-corrected chi connectivity index (χ2v) is 5.68. The Morgan fingerprint density at radius 3 is 2.74 bits per heavy atom. The molecule has 0 aliphatic carbocycles. The number of rotatable bonds is 3. The Kier molecular flexibility index (Phi) is 3.68. The van der Waals surface area contributed by atoms with Gasteiger partial charge in [-0.2, -0.15) is 8.42 Å². The van der Waals surface area contributed by atoms with Crippen LogP contribution >= 0.6 is 11.6 Å². The zero-order valence-electron chi connectivity index (χ0n) is 9.76. The molecule has 1 N–H and O–H groups in total. The molecule has 2 rings (SSSR count). The summed E-state index contributed by atoms with van der Waals surface area (Å²) in [5.41, 5.74) is 0.787. The van der Waals surface area contributed by atoms with Crippen LogP contribution in [0.25, 0.3) is 0 Å². The highest BCUT2D eigenvalue weighted by Crippen LogP contribution is 2.19. The summed E-state index contributed by atoms with van der Waals surface area (Å²) in [5, 5.41) is -0.394. The summed E-state index contributed by atoms with van der Waals surface area (Å²) in [6.07, 6.45) is 2.44. The average Bonchev–Trinajstić information content (AvgIpc) is 2.34. The van der Waals surface area contributed by atoms with Gasteiger partial charge in [0.25, 0.3) is 10.0 Å². The van der Waals surface area contributed by atoms with Gasteiger partial charge in [0.05, 0.1) is 11.9 Å². The molecule has 2 heterocycles. The molecular weight excluding hydrogens is 293 g/mol. The van der Waals surface area contributed by atoms with Gasteiger partial charge in [-0.3, -0.25) is 4.72 Å². The van der Waals surface area contributed by atoms with Crippen LogP contribution in [0.1, 0.15) is 5.56 Å². The van der Waals surface area contributed by atoms with Gasteiger partial charge in [0.1, 0.15) is 5.15 Å². The number of anilines is 1. The number of nitrogens with zero attached hydrogens (tertiary/aromatic N) is 2. The van der Waals surface area contributed by atoms with E-state index in [9.17, 15) is 12.8 Å².